The maximum Gasteiger partial charge on any atom is 0.227 e. The van der Waals surface area contributed by atoms with E-state index in [-0.39, 0.29) is 29.9 Å². The van der Waals surface area contributed by atoms with E-state index in [2.05, 4.69) is 21.7 Å². The molecule has 1 aromatic carbocycles. The zero-order chi connectivity index (χ0) is 17.9. The second-order valence-electron chi connectivity index (χ2n) is 5.91. The summed E-state index contributed by atoms with van der Waals surface area (Å²) >= 11 is 0. The van der Waals surface area contributed by atoms with Crippen molar-refractivity contribution in [1.82, 2.24) is 10.6 Å². The molecule has 0 radical (unpaired) electrons. The van der Waals surface area contributed by atoms with E-state index in [1.165, 1.54) is 5.56 Å². The molecule has 0 aliphatic carbocycles. The number of benzene rings is 1. The average Bonchev–Trinajstić information content (AvgIpc) is 3.06. The number of hydrogen-bond donors (Lipinski definition) is 2. The van der Waals surface area contributed by atoms with Crippen molar-refractivity contribution in [1.29, 1.82) is 0 Å². The number of para-hydroxylation sites is 1. The van der Waals surface area contributed by atoms with Gasteiger partial charge in [-0.05, 0) is 38.3 Å². The van der Waals surface area contributed by atoms with Crippen LogP contribution in [0.4, 0.5) is 5.69 Å². The van der Waals surface area contributed by atoms with E-state index in [1.54, 1.807) is 0 Å². The molecule has 0 atom stereocenters. The second-order valence-corrected chi connectivity index (χ2v) is 5.91. The van der Waals surface area contributed by atoms with E-state index in [4.69, 9.17) is 4.74 Å². The summed E-state index contributed by atoms with van der Waals surface area (Å²) in [5, 5.41) is 6.43. The van der Waals surface area contributed by atoms with Gasteiger partial charge in [0.15, 0.2) is 5.96 Å². The number of ether oxygens (including phenoxy) is 1. The topological polar surface area (TPSA) is 66.0 Å². The first-order chi connectivity index (χ1) is 12.3. The molecule has 2 N–H and O–H groups in total. The zero-order valence-electron chi connectivity index (χ0n) is 15.8. The van der Waals surface area contributed by atoms with E-state index in [1.807, 2.05) is 36.9 Å². The number of guanidine groups is 1. The Morgan fingerprint density at radius 1 is 1.27 bits per heavy atom. The smallest absolute Gasteiger partial charge is 0.227 e. The summed E-state index contributed by atoms with van der Waals surface area (Å²) in [6.45, 7) is 8.36. The largest absolute Gasteiger partial charge is 0.380 e. The molecule has 1 amide bonds. The number of carbonyl (C=O) groups excluding carboxylic acids is 1. The van der Waals surface area contributed by atoms with Crippen molar-refractivity contribution in [2.45, 2.75) is 33.1 Å². The summed E-state index contributed by atoms with van der Waals surface area (Å²) < 4.78 is 5.31. The Morgan fingerprint density at radius 2 is 2.08 bits per heavy atom. The van der Waals surface area contributed by atoms with Gasteiger partial charge in [-0.15, -0.1) is 24.0 Å². The number of nitrogens with zero attached hydrogens (tertiary/aromatic N) is 2. The lowest BCUT2D eigenvalue weighted by molar-refractivity contribution is -0.118. The molecular weight excluding hydrogens is 443 g/mol. The van der Waals surface area contributed by atoms with Gasteiger partial charge < -0.3 is 20.3 Å². The molecule has 0 bridgehead atoms. The number of halogens is 1. The number of aliphatic imine (C=N–C) groups is 1. The highest BCUT2D eigenvalue weighted by Gasteiger charge is 2.23. The monoisotopic (exact) mass is 474 g/mol. The summed E-state index contributed by atoms with van der Waals surface area (Å²) in [6.07, 6.45) is 2.23. The van der Waals surface area contributed by atoms with Crippen LogP contribution in [0.15, 0.2) is 29.3 Å². The van der Waals surface area contributed by atoms with Crippen LogP contribution in [-0.2, 0) is 16.0 Å². The lowest BCUT2D eigenvalue weighted by atomic mass is 10.2. The van der Waals surface area contributed by atoms with Crippen LogP contribution in [0.3, 0.4) is 0 Å². The molecule has 1 aliphatic rings. The fourth-order valence-corrected chi connectivity index (χ4v) is 2.88. The SMILES string of the molecule is CCNC(=NCCCC(=O)N1CCc2ccccc21)NCCOCC.I. The third-order valence-corrected chi connectivity index (χ3v) is 4.09. The Morgan fingerprint density at radius 3 is 2.85 bits per heavy atom. The Hall–Kier alpha value is -1.35. The van der Waals surface area contributed by atoms with Gasteiger partial charge in [0.25, 0.3) is 0 Å². The highest BCUT2D eigenvalue weighted by Crippen LogP contribution is 2.27. The lowest BCUT2D eigenvalue weighted by Gasteiger charge is -2.17. The fourth-order valence-electron chi connectivity index (χ4n) is 2.88. The van der Waals surface area contributed by atoms with Gasteiger partial charge in [0.2, 0.25) is 5.91 Å². The summed E-state index contributed by atoms with van der Waals surface area (Å²) in [5.41, 5.74) is 2.34. The quantitative estimate of drug-likeness (QED) is 0.250. The first kappa shape index (κ1) is 22.7. The van der Waals surface area contributed by atoms with E-state index in [0.717, 1.165) is 50.7 Å². The molecule has 26 heavy (non-hydrogen) atoms. The Kier molecular flexibility index (Phi) is 11.3. The van der Waals surface area contributed by atoms with Crippen molar-refractivity contribution >= 4 is 41.5 Å². The van der Waals surface area contributed by atoms with Gasteiger partial charge in [0, 0.05) is 44.9 Å². The van der Waals surface area contributed by atoms with Gasteiger partial charge in [-0.3, -0.25) is 9.79 Å². The van der Waals surface area contributed by atoms with Crippen LogP contribution in [0.25, 0.3) is 0 Å². The van der Waals surface area contributed by atoms with Crippen molar-refractivity contribution in [2.75, 3.05) is 44.3 Å². The minimum absolute atomic E-state index is 0. The predicted octanol–water partition coefficient (Wildman–Crippen LogP) is 2.57. The normalized spacial score (nSPS) is 13.2. The zero-order valence-corrected chi connectivity index (χ0v) is 18.1. The van der Waals surface area contributed by atoms with Crippen molar-refractivity contribution in [2.24, 2.45) is 4.99 Å². The van der Waals surface area contributed by atoms with E-state index < -0.39 is 0 Å². The number of nitrogens with one attached hydrogen (secondary N) is 2. The lowest BCUT2D eigenvalue weighted by Crippen LogP contribution is -2.39. The second kappa shape index (κ2) is 12.9. The number of carbonyl (C=O) groups is 1. The first-order valence-electron chi connectivity index (χ1n) is 9.24. The Bertz CT molecular complexity index is 580. The number of rotatable bonds is 9. The van der Waals surface area contributed by atoms with Gasteiger partial charge in [0.05, 0.1) is 6.61 Å². The van der Waals surface area contributed by atoms with Gasteiger partial charge in [-0.25, -0.2) is 0 Å². The van der Waals surface area contributed by atoms with Gasteiger partial charge in [-0.1, -0.05) is 18.2 Å². The summed E-state index contributed by atoms with van der Waals surface area (Å²) in [6, 6.07) is 8.15. The maximum atomic E-state index is 12.5. The molecule has 0 spiro atoms. The van der Waals surface area contributed by atoms with Crippen LogP contribution in [-0.4, -0.2) is 51.3 Å². The molecule has 0 saturated carbocycles. The van der Waals surface area contributed by atoms with Crippen molar-refractivity contribution in [3.63, 3.8) is 0 Å². The molecule has 7 heteroatoms. The molecule has 0 unspecified atom stereocenters. The van der Waals surface area contributed by atoms with E-state index >= 15 is 0 Å². The standard InChI is InChI=1S/C19H30N4O2.HI/c1-3-20-19(22-13-15-25-4-2)21-12-7-10-18(24)23-14-11-16-8-5-6-9-17(16)23;/h5-6,8-9H,3-4,7,10-15H2,1-2H3,(H2,20,21,22);1H. The molecule has 0 fully saturated rings. The molecule has 6 nitrogen and oxygen atoms in total. The van der Waals surface area contributed by atoms with Crippen LogP contribution in [0.1, 0.15) is 32.3 Å². The van der Waals surface area contributed by atoms with Crippen LogP contribution >= 0.6 is 24.0 Å². The van der Waals surface area contributed by atoms with Gasteiger partial charge in [0.1, 0.15) is 0 Å². The minimum atomic E-state index is 0. The highest BCUT2D eigenvalue weighted by molar-refractivity contribution is 14.0. The molecule has 1 aliphatic heterocycles. The first-order valence-corrected chi connectivity index (χ1v) is 9.24. The summed E-state index contributed by atoms with van der Waals surface area (Å²) in [5.74, 6) is 0.968. The minimum Gasteiger partial charge on any atom is -0.380 e. The van der Waals surface area contributed by atoms with Crippen molar-refractivity contribution in [3.8, 4) is 0 Å². The van der Waals surface area contributed by atoms with Crippen LogP contribution < -0.4 is 15.5 Å². The number of hydrogen-bond acceptors (Lipinski definition) is 3. The molecule has 146 valence electrons. The number of amides is 1. The third kappa shape index (κ3) is 7.11. The fraction of sp³-hybridized carbons (Fsp3) is 0.579. The highest BCUT2D eigenvalue weighted by atomic mass is 127. The van der Waals surface area contributed by atoms with Gasteiger partial charge >= 0.3 is 0 Å². The number of fused-ring (bicyclic) bond motifs is 1. The molecular formula is C19H31IN4O2. The molecule has 0 aromatic heterocycles. The molecule has 1 aromatic rings. The van der Waals surface area contributed by atoms with E-state index in [0.29, 0.717) is 19.6 Å². The van der Waals surface area contributed by atoms with Crippen molar-refractivity contribution < 1.29 is 9.53 Å². The maximum absolute atomic E-state index is 12.5. The average molecular weight is 474 g/mol. The third-order valence-electron chi connectivity index (χ3n) is 4.09. The predicted molar refractivity (Wildman–Crippen MR) is 118 cm³/mol. The summed E-state index contributed by atoms with van der Waals surface area (Å²) in [4.78, 5) is 18.9. The molecule has 0 saturated heterocycles. The van der Waals surface area contributed by atoms with Crippen LogP contribution in [0.2, 0.25) is 0 Å². The Labute approximate surface area is 173 Å². The van der Waals surface area contributed by atoms with Crippen molar-refractivity contribution in [3.05, 3.63) is 29.8 Å². The van der Waals surface area contributed by atoms with Gasteiger partial charge in [-0.2, -0.15) is 0 Å². The van der Waals surface area contributed by atoms with Crippen LogP contribution in [0.5, 0.6) is 0 Å². The molecule has 2 rings (SSSR count). The number of anilines is 1. The van der Waals surface area contributed by atoms with Crippen LogP contribution in [0, 0.1) is 0 Å². The summed E-state index contributed by atoms with van der Waals surface area (Å²) in [7, 11) is 0. The molecule has 1 heterocycles. The van der Waals surface area contributed by atoms with E-state index in [9.17, 15) is 4.79 Å². The Balaban J connectivity index is 0.00000338.